The highest BCUT2D eigenvalue weighted by molar-refractivity contribution is 6.30. The van der Waals surface area contributed by atoms with Crippen LogP contribution in [0.3, 0.4) is 0 Å². The predicted octanol–water partition coefficient (Wildman–Crippen LogP) is 1.43. The van der Waals surface area contributed by atoms with E-state index < -0.39 is 5.82 Å². The quantitative estimate of drug-likeness (QED) is 0.910. The molecule has 6 heteroatoms. The van der Waals surface area contributed by atoms with Crippen molar-refractivity contribution in [3.63, 3.8) is 0 Å². The summed E-state index contributed by atoms with van der Waals surface area (Å²) in [4.78, 5) is 13.6. The summed E-state index contributed by atoms with van der Waals surface area (Å²) in [5.74, 6) is -0.383. The molecule has 0 aromatic heterocycles. The molecule has 0 aliphatic carbocycles. The molecule has 0 radical (unpaired) electrons. The molecule has 104 valence electrons. The van der Waals surface area contributed by atoms with E-state index in [9.17, 15) is 9.18 Å². The summed E-state index contributed by atoms with van der Waals surface area (Å²) in [7, 11) is 0. The van der Waals surface area contributed by atoms with E-state index in [1.807, 2.05) is 0 Å². The van der Waals surface area contributed by atoms with Crippen LogP contribution in [0.2, 0.25) is 5.02 Å². The van der Waals surface area contributed by atoms with Crippen molar-refractivity contribution in [2.24, 2.45) is 0 Å². The topological polar surface area (TPSA) is 41.6 Å². The highest BCUT2D eigenvalue weighted by Gasteiger charge is 2.15. The number of nitrogens with one attached hydrogen (secondary N) is 1. The number of benzene rings is 1. The zero-order valence-electron chi connectivity index (χ0n) is 10.5. The van der Waals surface area contributed by atoms with Gasteiger partial charge in [0.1, 0.15) is 5.82 Å². The zero-order chi connectivity index (χ0) is 13.7. The second-order valence-electron chi connectivity index (χ2n) is 4.35. The van der Waals surface area contributed by atoms with E-state index in [1.54, 1.807) is 17.0 Å². The number of halogens is 2. The molecule has 1 saturated heterocycles. The van der Waals surface area contributed by atoms with Crippen LogP contribution in [0.1, 0.15) is 5.56 Å². The maximum atomic E-state index is 13.0. The van der Waals surface area contributed by atoms with E-state index in [-0.39, 0.29) is 17.5 Å². The fraction of sp³-hybridized carbons (Fsp3) is 0.462. The second kappa shape index (κ2) is 6.84. The number of hydrogen-bond donors (Lipinski definition) is 1. The Hall–Kier alpha value is -1.17. The third-order valence-corrected chi connectivity index (χ3v) is 3.24. The Morgan fingerprint density at radius 3 is 2.84 bits per heavy atom. The van der Waals surface area contributed by atoms with Crippen molar-refractivity contribution in [1.29, 1.82) is 0 Å². The third kappa shape index (κ3) is 4.16. The van der Waals surface area contributed by atoms with Crippen LogP contribution in [-0.4, -0.2) is 43.7 Å². The number of morpholine rings is 1. The summed E-state index contributed by atoms with van der Waals surface area (Å²) in [6, 6.07) is 4.53. The van der Waals surface area contributed by atoms with Gasteiger partial charge in [-0.3, -0.25) is 4.79 Å². The van der Waals surface area contributed by atoms with Gasteiger partial charge in [0.25, 0.3) is 0 Å². The normalized spacial score (nSPS) is 15.6. The van der Waals surface area contributed by atoms with Crippen molar-refractivity contribution in [3.8, 4) is 0 Å². The highest BCUT2D eigenvalue weighted by atomic mass is 35.5. The Morgan fingerprint density at radius 2 is 2.16 bits per heavy atom. The first-order chi connectivity index (χ1) is 9.16. The Balaban J connectivity index is 1.76. The van der Waals surface area contributed by atoms with E-state index in [1.165, 1.54) is 6.07 Å². The fourth-order valence-electron chi connectivity index (χ4n) is 1.89. The number of hydrogen-bond acceptors (Lipinski definition) is 3. The monoisotopic (exact) mass is 286 g/mol. The molecule has 1 N–H and O–H groups in total. The number of nitrogens with zero attached hydrogens (tertiary/aromatic N) is 1. The number of amides is 1. The second-order valence-corrected chi connectivity index (χ2v) is 4.75. The summed E-state index contributed by atoms with van der Waals surface area (Å²) >= 11 is 5.69. The number of rotatable bonds is 4. The van der Waals surface area contributed by atoms with Crippen molar-refractivity contribution in [3.05, 3.63) is 34.6 Å². The molecule has 0 atom stereocenters. The molecule has 1 aliphatic heterocycles. The molecule has 1 heterocycles. The Labute approximate surface area is 116 Å². The molecule has 1 aromatic rings. The fourth-order valence-corrected chi connectivity index (χ4v) is 2.09. The first kappa shape index (κ1) is 14.2. The highest BCUT2D eigenvalue weighted by Crippen LogP contribution is 2.15. The van der Waals surface area contributed by atoms with Gasteiger partial charge in [-0.05, 0) is 17.7 Å². The molecule has 0 saturated carbocycles. The van der Waals surface area contributed by atoms with Crippen LogP contribution in [0.4, 0.5) is 4.39 Å². The van der Waals surface area contributed by atoms with Crippen molar-refractivity contribution in [1.82, 2.24) is 10.2 Å². The maximum Gasteiger partial charge on any atom is 0.236 e. The molecule has 0 spiro atoms. The number of carbonyl (C=O) groups is 1. The van der Waals surface area contributed by atoms with Gasteiger partial charge < -0.3 is 15.0 Å². The molecule has 2 rings (SSSR count). The molecule has 1 aliphatic rings. The van der Waals surface area contributed by atoms with Crippen LogP contribution in [0.25, 0.3) is 0 Å². The van der Waals surface area contributed by atoms with E-state index in [0.717, 1.165) is 5.56 Å². The summed E-state index contributed by atoms with van der Waals surface area (Å²) in [6.07, 6.45) is 0. The van der Waals surface area contributed by atoms with E-state index in [0.29, 0.717) is 32.8 Å². The predicted molar refractivity (Wildman–Crippen MR) is 70.5 cm³/mol. The molecule has 0 bridgehead atoms. The lowest BCUT2D eigenvalue weighted by Gasteiger charge is -2.26. The lowest BCUT2D eigenvalue weighted by Crippen LogP contribution is -2.44. The smallest absolute Gasteiger partial charge is 0.236 e. The standard InChI is InChI=1S/C13H16ClFN2O2/c14-11-7-10(1-2-12(11)15)8-16-9-13(18)17-3-5-19-6-4-17/h1-2,7,16H,3-6,8-9H2. The summed E-state index contributed by atoms with van der Waals surface area (Å²) < 4.78 is 18.2. The molecular formula is C13H16ClFN2O2. The molecule has 1 amide bonds. The Bertz CT molecular complexity index is 450. The van der Waals surface area contributed by atoms with Gasteiger partial charge >= 0.3 is 0 Å². The molecular weight excluding hydrogens is 271 g/mol. The van der Waals surface area contributed by atoms with E-state index in [4.69, 9.17) is 16.3 Å². The Kier molecular flexibility index (Phi) is 5.13. The molecule has 0 unspecified atom stereocenters. The summed E-state index contributed by atoms with van der Waals surface area (Å²) in [5.41, 5.74) is 0.848. The van der Waals surface area contributed by atoms with Gasteiger partial charge in [-0.25, -0.2) is 4.39 Å². The van der Waals surface area contributed by atoms with Crippen LogP contribution >= 0.6 is 11.6 Å². The van der Waals surface area contributed by atoms with Crippen LogP contribution in [-0.2, 0) is 16.1 Å². The zero-order valence-corrected chi connectivity index (χ0v) is 11.3. The maximum absolute atomic E-state index is 13.0. The summed E-state index contributed by atoms with van der Waals surface area (Å²) in [6.45, 7) is 3.22. The average Bonchev–Trinajstić information content (AvgIpc) is 2.43. The largest absolute Gasteiger partial charge is 0.378 e. The van der Waals surface area contributed by atoms with Gasteiger partial charge in [0.15, 0.2) is 0 Å². The van der Waals surface area contributed by atoms with Gasteiger partial charge in [-0.15, -0.1) is 0 Å². The van der Waals surface area contributed by atoms with Gasteiger partial charge in [0.05, 0.1) is 24.8 Å². The van der Waals surface area contributed by atoms with Crippen molar-refractivity contribution >= 4 is 17.5 Å². The van der Waals surface area contributed by atoms with E-state index in [2.05, 4.69) is 5.32 Å². The van der Waals surface area contributed by atoms with Crippen molar-refractivity contribution < 1.29 is 13.9 Å². The lowest BCUT2D eigenvalue weighted by atomic mass is 10.2. The van der Waals surface area contributed by atoms with Crippen LogP contribution in [0.5, 0.6) is 0 Å². The third-order valence-electron chi connectivity index (χ3n) is 2.95. The molecule has 19 heavy (non-hydrogen) atoms. The SMILES string of the molecule is O=C(CNCc1ccc(F)c(Cl)c1)N1CCOCC1. The number of carbonyl (C=O) groups excluding carboxylic acids is 1. The number of ether oxygens (including phenoxy) is 1. The van der Waals surface area contributed by atoms with Gasteiger partial charge in [0.2, 0.25) is 5.91 Å². The minimum atomic E-state index is -0.435. The van der Waals surface area contributed by atoms with Crippen molar-refractivity contribution in [2.45, 2.75) is 6.54 Å². The Morgan fingerprint density at radius 1 is 1.42 bits per heavy atom. The minimum Gasteiger partial charge on any atom is -0.378 e. The molecule has 1 aromatic carbocycles. The van der Waals surface area contributed by atoms with Crippen molar-refractivity contribution in [2.75, 3.05) is 32.8 Å². The molecule has 4 nitrogen and oxygen atoms in total. The van der Waals surface area contributed by atoms with Crippen LogP contribution in [0, 0.1) is 5.82 Å². The average molecular weight is 287 g/mol. The first-order valence-corrected chi connectivity index (χ1v) is 6.55. The lowest BCUT2D eigenvalue weighted by molar-refractivity contribution is -0.134. The minimum absolute atomic E-state index is 0.0523. The van der Waals surface area contributed by atoms with Gasteiger partial charge in [-0.1, -0.05) is 17.7 Å². The molecule has 1 fully saturated rings. The van der Waals surface area contributed by atoms with Gasteiger partial charge in [0, 0.05) is 19.6 Å². The van der Waals surface area contributed by atoms with E-state index >= 15 is 0 Å². The first-order valence-electron chi connectivity index (χ1n) is 6.17. The van der Waals surface area contributed by atoms with Crippen LogP contribution < -0.4 is 5.32 Å². The van der Waals surface area contributed by atoms with Crippen LogP contribution in [0.15, 0.2) is 18.2 Å². The van der Waals surface area contributed by atoms with Gasteiger partial charge in [-0.2, -0.15) is 0 Å². The summed E-state index contributed by atoms with van der Waals surface area (Å²) in [5, 5.41) is 3.13.